The molecule has 31 heavy (non-hydrogen) atoms. The number of hydrogen-bond acceptors (Lipinski definition) is 4. The first-order valence-corrected chi connectivity index (χ1v) is 11.9. The smallest absolute Gasteiger partial charge is 0.386 e. The molecular weight excluding hydrogens is 407 g/mol. The van der Waals surface area contributed by atoms with Gasteiger partial charge in [0.1, 0.15) is 17.2 Å². The van der Waals surface area contributed by atoms with E-state index in [1.54, 1.807) is 24.3 Å². The molecule has 0 N–H and O–H groups in total. The van der Waals surface area contributed by atoms with Crippen molar-refractivity contribution < 1.29 is 18.1 Å². The van der Waals surface area contributed by atoms with E-state index in [4.69, 9.17) is 13.6 Å². The second kappa shape index (κ2) is 8.80. The number of rotatable bonds is 6. The quantitative estimate of drug-likeness (QED) is 0.367. The molecule has 164 valence electrons. The van der Waals surface area contributed by atoms with Gasteiger partial charge in [-0.05, 0) is 35.1 Å². The zero-order valence-corrected chi connectivity index (χ0v) is 20.0. The van der Waals surface area contributed by atoms with Crippen LogP contribution in [0.25, 0.3) is 0 Å². The molecule has 0 fully saturated rings. The van der Waals surface area contributed by atoms with Gasteiger partial charge in [-0.25, -0.2) is 0 Å². The fourth-order valence-electron chi connectivity index (χ4n) is 3.24. The van der Waals surface area contributed by atoms with E-state index in [1.165, 1.54) is 0 Å². The molecular formula is C26H31O4P. The minimum absolute atomic E-state index is 0.211. The zero-order valence-electron chi connectivity index (χ0n) is 19.1. The second-order valence-corrected chi connectivity index (χ2v) is 11.0. The van der Waals surface area contributed by atoms with Crippen molar-refractivity contribution in [3.05, 3.63) is 90.0 Å². The Labute approximate surface area is 185 Å². The summed E-state index contributed by atoms with van der Waals surface area (Å²) in [5.74, 6) is 1.36. The molecule has 0 amide bonds. The maximum Gasteiger partial charge on any atom is 0.647 e. The van der Waals surface area contributed by atoms with Crippen LogP contribution < -0.4 is 13.6 Å². The lowest BCUT2D eigenvalue weighted by molar-refractivity contribution is 0.293. The molecule has 0 atom stereocenters. The minimum atomic E-state index is -4.08. The van der Waals surface area contributed by atoms with E-state index < -0.39 is 7.82 Å². The van der Waals surface area contributed by atoms with Crippen molar-refractivity contribution in [2.75, 3.05) is 0 Å². The van der Waals surface area contributed by atoms with Gasteiger partial charge < -0.3 is 13.6 Å². The van der Waals surface area contributed by atoms with Crippen molar-refractivity contribution in [3.8, 4) is 17.2 Å². The van der Waals surface area contributed by atoms with Crippen molar-refractivity contribution in [2.45, 2.75) is 52.4 Å². The highest BCUT2D eigenvalue weighted by molar-refractivity contribution is 7.49. The molecule has 5 heteroatoms. The minimum Gasteiger partial charge on any atom is -0.386 e. The van der Waals surface area contributed by atoms with E-state index in [0.717, 1.165) is 11.1 Å². The Kier molecular flexibility index (Phi) is 6.52. The third kappa shape index (κ3) is 5.92. The Balaban J connectivity index is 2.05. The number of para-hydroxylation sites is 3. The van der Waals surface area contributed by atoms with E-state index in [2.05, 4.69) is 41.5 Å². The van der Waals surface area contributed by atoms with Crippen LogP contribution in [-0.2, 0) is 15.4 Å². The summed E-state index contributed by atoms with van der Waals surface area (Å²) in [6.45, 7) is 12.5. The van der Waals surface area contributed by atoms with E-state index in [0.29, 0.717) is 17.2 Å². The number of phosphoric ester groups is 1. The van der Waals surface area contributed by atoms with Crippen LogP contribution in [0.3, 0.4) is 0 Å². The van der Waals surface area contributed by atoms with E-state index in [-0.39, 0.29) is 10.8 Å². The Morgan fingerprint density at radius 3 is 1.35 bits per heavy atom. The van der Waals surface area contributed by atoms with Crippen LogP contribution in [0.5, 0.6) is 17.2 Å². The fraction of sp³-hybridized carbons (Fsp3) is 0.308. The molecule has 0 aliphatic carbocycles. The van der Waals surface area contributed by atoms with Gasteiger partial charge in [0, 0.05) is 11.1 Å². The zero-order chi connectivity index (χ0) is 22.7. The Bertz CT molecular complexity index is 999. The topological polar surface area (TPSA) is 44.8 Å². The SMILES string of the molecule is CC(C)(C)c1ccccc1OP(=O)(Oc1ccccc1)Oc1ccccc1C(C)(C)C. The molecule has 4 nitrogen and oxygen atoms in total. The van der Waals surface area contributed by atoms with Gasteiger partial charge in [0.15, 0.2) is 0 Å². The molecule has 0 aromatic heterocycles. The molecule has 0 aliphatic heterocycles. The maximum absolute atomic E-state index is 14.0. The highest BCUT2D eigenvalue weighted by Gasteiger charge is 2.36. The molecule has 0 heterocycles. The monoisotopic (exact) mass is 438 g/mol. The van der Waals surface area contributed by atoms with Gasteiger partial charge in [-0.15, -0.1) is 0 Å². The van der Waals surface area contributed by atoms with Gasteiger partial charge >= 0.3 is 7.82 Å². The molecule has 3 aromatic rings. The van der Waals surface area contributed by atoms with Crippen LogP contribution >= 0.6 is 7.82 Å². The largest absolute Gasteiger partial charge is 0.647 e. The summed E-state index contributed by atoms with van der Waals surface area (Å²) in [5, 5.41) is 0. The predicted octanol–water partition coefficient (Wildman–Crippen LogP) is 7.93. The number of hydrogen-bond donors (Lipinski definition) is 0. The normalized spacial score (nSPS) is 12.3. The van der Waals surface area contributed by atoms with Crippen LogP contribution in [0.4, 0.5) is 0 Å². The number of phosphoric acid groups is 1. The highest BCUT2D eigenvalue weighted by Crippen LogP contribution is 2.52. The van der Waals surface area contributed by atoms with Crippen molar-refractivity contribution >= 4 is 7.82 Å². The summed E-state index contributed by atoms with van der Waals surface area (Å²) < 4.78 is 32.0. The lowest BCUT2D eigenvalue weighted by Crippen LogP contribution is -2.17. The molecule has 0 saturated heterocycles. The van der Waals surface area contributed by atoms with Crippen LogP contribution in [0.1, 0.15) is 52.7 Å². The Morgan fingerprint density at radius 2 is 0.935 bits per heavy atom. The molecule has 3 rings (SSSR count). The molecule has 0 bridgehead atoms. The lowest BCUT2D eigenvalue weighted by Gasteiger charge is -2.27. The summed E-state index contributed by atoms with van der Waals surface area (Å²) in [7, 11) is -4.08. The predicted molar refractivity (Wildman–Crippen MR) is 126 cm³/mol. The third-order valence-corrected chi connectivity index (χ3v) is 6.05. The number of benzene rings is 3. The first-order chi connectivity index (χ1) is 14.5. The summed E-state index contributed by atoms with van der Waals surface area (Å²) in [4.78, 5) is 0. The summed E-state index contributed by atoms with van der Waals surface area (Å²) in [6, 6.07) is 24.0. The summed E-state index contributed by atoms with van der Waals surface area (Å²) in [6.07, 6.45) is 0. The lowest BCUT2D eigenvalue weighted by atomic mass is 9.86. The maximum atomic E-state index is 14.0. The first-order valence-electron chi connectivity index (χ1n) is 10.4. The fourth-order valence-corrected chi connectivity index (χ4v) is 4.53. The van der Waals surface area contributed by atoms with Crippen LogP contribution in [0.2, 0.25) is 0 Å². The van der Waals surface area contributed by atoms with Gasteiger partial charge in [-0.1, -0.05) is 96.1 Å². The highest BCUT2D eigenvalue weighted by atomic mass is 31.2. The average Bonchev–Trinajstić information content (AvgIpc) is 2.67. The molecule has 0 unspecified atom stereocenters. The van der Waals surface area contributed by atoms with Crippen molar-refractivity contribution in [1.82, 2.24) is 0 Å². The van der Waals surface area contributed by atoms with Gasteiger partial charge in [0.2, 0.25) is 0 Å². The molecule has 0 spiro atoms. The van der Waals surface area contributed by atoms with Crippen LogP contribution in [0, 0.1) is 0 Å². The standard InChI is InChI=1S/C26H31O4P/c1-25(2,3)21-16-10-12-18-23(21)29-31(27,28-20-14-8-7-9-15-20)30-24-19-13-11-17-22(24)26(4,5)6/h7-19H,1-6H3. The van der Waals surface area contributed by atoms with Crippen molar-refractivity contribution in [3.63, 3.8) is 0 Å². The van der Waals surface area contributed by atoms with E-state index in [1.807, 2.05) is 54.6 Å². The summed E-state index contributed by atoms with van der Waals surface area (Å²) >= 11 is 0. The van der Waals surface area contributed by atoms with Gasteiger partial charge in [0.05, 0.1) is 0 Å². The van der Waals surface area contributed by atoms with E-state index >= 15 is 0 Å². The molecule has 0 saturated carbocycles. The van der Waals surface area contributed by atoms with Gasteiger partial charge in [-0.3, -0.25) is 0 Å². The second-order valence-electron chi connectivity index (χ2n) is 9.53. The summed E-state index contributed by atoms with van der Waals surface area (Å²) in [5.41, 5.74) is 1.41. The van der Waals surface area contributed by atoms with E-state index in [9.17, 15) is 4.57 Å². The van der Waals surface area contributed by atoms with Crippen molar-refractivity contribution in [1.29, 1.82) is 0 Å². The van der Waals surface area contributed by atoms with Crippen LogP contribution in [0.15, 0.2) is 78.9 Å². The van der Waals surface area contributed by atoms with Crippen molar-refractivity contribution in [2.24, 2.45) is 0 Å². The molecule has 0 aliphatic rings. The van der Waals surface area contributed by atoms with Gasteiger partial charge in [-0.2, -0.15) is 4.57 Å². The third-order valence-electron chi connectivity index (χ3n) is 4.77. The average molecular weight is 439 g/mol. The first kappa shape index (κ1) is 23.0. The Hall–Kier alpha value is -2.71. The Morgan fingerprint density at radius 1 is 0.548 bits per heavy atom. The van der Waals surface area contributed by atoms with Crippen LogP contribution in [-0.4, -0.2) is 0 Å². The molecule has 3 aromatic carbocycles. The van der Waals surface area contributed by atoms with Gasteiger partial charge in [0.25, 0.3) is 0 Å². The molecule has 0 radical (unpaired) electrons.